The van der Waals surface area contributed by atoms with E-state index in [2.05, 4.69) is 20.6 Å². The van der Waals surface area contributed by atoms with Gasteiger partial charge in [-0.1, -0.05) is 12.8 Å². The maximum atomic E-state index is 12.2. The minimum atomic E-state index is -0.169. The summed E-state index contributed by atoms with van der Waals surface area (Å²) in [6.45, 7) is 0. The Morgan fingerprint density at radius 2 is 1.84 bits per heavy atom. The lowest BCUT2D eigenvalue weighted by Gasteiger charge is -2.12. The monoisotopic (exact) mass is 342 g/mol. The summed E-state index contributed by atoms with van der Waals surface area (Å²) in [4.78, 5) is 20.6. The van der Waals surface area contributed by atoms with Crippen molar-refractivity contribution in [1.82, 2.24) is 15.3 Å². The number of hydrogen-bond donors (Lipinski definition) is 2. The van der Waals surface area contributed by atoms with E-state index in [4.69, 9.17) is 9.47 Å². The number of methoxy groups -OCH3 is 2. The molecule has 1 aromatic heterocycles. The molecule has 1 heterocycles. The molecular weight excluding hydrogens is 320 g/mol. The van der Waals surface area contributed by atoms with Gasteiger partial charge in [0.2, 0.25) is 0 Å². The zero-order valence-electron chi connectivity index (χ0n) is 14.4. The molecule has 1 aliphatic rings. The van der Waals surface area contributed by atoms with E-state index in [0.29, 0.717) is 23.0 Å². The Morgan fingerprint density at radius 3 is 2.48 bits per heavy atom. The van der Waals surface area contributed by atoms with Gasteiger partial charge in [-0.15, -0.1) is 0 Å². The van der Waals surface area contributed by atoms with E-state index >= 15 is 0 Å². The van der Waals surface area contributed by atoms with Crippen LogP contribution in [0.15, 0.2) is 30.6 Å². The Balaban J connectivity index is 1.65. The van der Waals surface area contributed by atoms with Crippen molar-refractivity contribution in [2.75, 3.05) is 19.5 Å². The normalized spacial score (nSPS) is 14.2. The summed E-state index contributed by atoms with van der Waals surface area (Å²) in [6, 6.07) is 5.72. The molecule has 3 rings (SSSR count). The average molecular weight is 342 g/mol. The second-order valence-electron chi connectivity index (χ2n) is 5.94. The SMILES string of the molecule is COc1ccc(Nc2cnc(C(=O)NC3CCCC3)cn2)cc1OC. The highest BCUT2D eigenvalue weighted by molar-refractivity contribution is 5.92. The number of nitrogens with one attached hydrogen (secondary N) is 2. The highest BCUT2D eigenvalue weighted by Crippen LogP contribution is 2.30. The molecular formula is C18H22N4O3. The fourth-order valence-corrected chi connectivity index (χ4v) is 2.90. The van der Waals surface area contributed by atoms with Crippen LogP contribution < -0.4 is 20.1 Å². The maximum Gasteiger partial charge on any atom is 0.271 e. The number of benzene rings is 1. The van der Waals surface area contributed by atoms with E-state index in [1.807, 2.05) is 6.07 Å². The van der Waals surface area contributed by atoms with Crippen molar-refractivity contribution in [3.05, 3.63) is 36.3 Å². The molecule has 0 spiro atoms. The van der Waals surface area contributed by atoms with Crippen LogP contribution in [0.4, 0.5) is 11.5 Å². The van der Waals surface area contributed by atoms with E-state index in [-0.39, 0.29) is 11.9 Å². The van der Waals surface area contributed by atoms with Crippen LogP contribution in [-0.2, 0) is 0 Å². The Kier molecular flexibility index (Phi) is 5.33. The van der Waals surface area contributed by atoms with Gasteiger partial charge in [0, 0.05) is 17.8 Å². The average Bonchev–Trinajstić information content (AvgIpc) is 3.15. The van der Waals surface area contributed by atoms with Crippen LogP contribution in [0.25, 0.3) is 0 Å². The molecule has 0 radical (unpaired) electrons. The molecule has 0 bridgehead atoms. The van der Waals surface area contributed by atoms with Gasteiger partial charge in [0.05, 0.1) is 26.6 Å². The third-order valence-corrected chi connectivity index (χ3v) is 4.23. The van der Waals surface area contributed by atoms with E-state index in [0.717, 1.165) is 18.5 Å². The summed E-state index contributed by atoms with van der Waals surface area (Å²) >= 11 is 0. The predicted octanol–water partition coefficient (Wildman–Crippen LogP) is 2.91. The Hall–Kier alpha value is -2.83. The number of ether oxygens (including phenoxy) is 2. The summed E-state index contributed by atoms with van der Waals surface area (Å²) in [7, 11) is 3.17. The molecule has 0 aliphatic heterocycles. The maximum absolute atomic E-state index is 12.2. The number of aromatic nitrogens is 2. The van der Waals surface area contributed by atoms with Gasteiger partial charge in [0.15, 0.2) is 11.5 Å². The number of rotatable bonds is 6. The first-order valence-corrected chi connectivity index (χ1v) is 8.31. The Bertz CT molecular complexity index is 728. The highest BCUT2D eigenvalue weighted by Gasteiger charge is 2.18. The summed E-state index contributed by atoms with van der Waals surface area (Å²) in [5.41, 5.74) is 1.11. The predicted molar refractivity (Wildman–Crippen MR) is 94.6 cm³/mol. The van der Waals surface area contributed by atoms with Gasteiger partial charge in [0.1, 0.15) is 11.5 Å². The molecule has 1 aliphatic carbocycles. The third-order valence-electron chi connectivity index (χ3n) is 4.23. The number of amides is 1. The first-order valence-electron chi connectivity index (χ1n) is 8.31. The Labute approximate surface area is 146 Å². The second-order valence-corrected chi connectivity index (χ2v) is 5.94. The molecule has 1 saturated carbocycles. The fourth-order valence-electron chi connectivity index (χ4n) is 2.90. The molecule has 0 unspecified atom stereocenters. The smallest absolute Gasteiger partial charge is 0.271 e. The van der Waals surface area contributed by atoms with Crippen LogP contribution in [0, 0.1) is 0 Å². The number of carbonyl (C=O) groups is 1. The number of anilines is 2. The van der Waals surface area contributed by atoms with E-state index in [1.54, 1.807) is 32.5 Å². The summed E-state index contributed by atoms with van der Waals surface area (Å²) in [6.07, 6.45) is 7.44. The van der Waals surface area contributed by atoms with Crippen LogP contribution in [0.2, 0.25) is 0 Å². The van der Waals surface area contributed by atoms with Crippen LogP contribution >= 0.6 is 0 Å². The van der Waals surface area contributed by atoms with Crippen LogP contribution in [-0.4, -0.2) is 36.1 Å². The van der Waals surface area contributed by atoms with Crippen molar-refractivity contribution in [2.45, 2.75) is 31.7 Å². The van der Waals surface area contributed by atoms with Crippen molar-refractivity contribution in [3.63, 3.8) is 0 Å². The van der Waals surface area contributed by atoms with Crippen molar-refractivity contribution >= 4 is 17.4 Å². The molecule has 2 N–H and O–H groups in total. The zero-order valence-corrected chi connectivity index (χ0v) is 14.4. The first-order chi connectivity index (χ1) is 12.2. The minimum absolute atomic E-state index is 0.169. The van der Waals surface area contributed by atoms with Gasteiger partial charge >= 0.3 is 0 Å². The first kappa shape index (κ1) is 17.0. The van der Waals surface area contributed by atoms with Crippen molar-refractivity contribution in [1.29, 1.82) is 0 Å². The van der Waals surface area contributed by atoms with Gasteiger partial charge in [-0.05, 0) is 25.0 Å². The van der Waals surface area contributed by atoms with Gasteiger partial charge in [0.25, 0.3) is 5.91 Å². The standard InChI is InChI=1S/C18H22N4O3/c1-24-15-8-7-13(9-16(15)25-2)21-17-11-19-14(10-20-17)18(23)22-12-5-3-4-6-12/h7-12H,3-6H2,1-2H3,(H,20,21)(H,22,23). The third kappa shape index (κ3) is 4.17. The summed E-state index contributed by atoms with van der Waals surface area (Å²) in [5, 5.41) is 6.13. The minimum Gasteiger partial charge on any atom is -0.493 e. The second kappa shape index (κ2) is 7.83. The van der Waals surface area contributed by atoms with E-state index in [9.17, 15) is 4.79 Å². The van der Waals surface area contributed by atoms with Crippen molar-refractivity contribution < 1.29 is 14.3 Å². The highest BCUT2D eigenvalue weighted by atomic mass is 16.5. The molecule has 1 fully saturated rings. The largest absolute Gasteiger partial charge is 0.493 e. The van der Waals surface area contributed by atoms with E-state index < -0.39 is 0 Å². The molecule has 7 nitrogen and oxygen atoms in total. The fraction of sp³-hybridized carbons (Fsp3) is 0.389. The van der Waals surface area contributed by atoms with Crippen molar-refractivity contribution in [3.8, 4) is 11.5 Å². The van der Waals surface area contributed by atoms with E-state index in [1.165, 1.54) is 19.0 Å². The molecule has 0 saturated heterocycles. The van der Waals surface area contributed by atoms with Gasteiger partial charge < -0.3 is 20.1 Å². The number of nitrogens with zero attached hydrogens (tertiary/aromatic N) is 2. The van der Waals surface area contributed by atoms with Crippen LogP contribution in [0.1, 0.15) is 36.2 Å². The van der Waals surface area contributed by atoms with Gasteiger partial charge in [-0.3, -0.25) is 4.79 Å². The van der Waals surface area contributed by atoms with Crippen LogP contribution in [0.5, 0.6) is 11.5 Å². The molecule has 25 heavy (non-hydrogen) atoms. The topological polar surface area (TPSA) is 85.4 Å². The summed E-state index contributed by atoms with van der Waals surface area (Å²) < 4.78 is 10.5. The lowest BCUT2D eigenvalue weighted by atomic mass is 10.2. The molecule has 2 aromatic rings. The van der Waals surface area contributed by atoms with Gasteiger partial charge in [-0.25, -0.2) is 9.97 Å². The van der Waals surface area contributed by atoms with Gasteiger partial charge in [-0.2, -0.15) is 0 Å². The number of carbonyl (C=O) groups excluding carboxylic acids is 1. The molecule has 1 amide bonds. The van der Waals surface area contributed by atoms with Crippen molar-refractivity contribution in [2.24, 2.45) is 0 Å². The summed E-state index contributed by atoms with van der Waals surface area (Å²) in [5.74, 6) is 1.65. The quantitative estimate of drug-likeness (QED) is 0.839. The lowest BCUT2D eigenvalue weighted by molar-refractivity contribution is 0.0932. The number of hydrogen-bond acceptors (Lipinski definition) is 6. The molecule has 0 atom stereocenters. The molecule has 132 valence electrons. The lowest BCUT2D eigenvalue weighted by Crippen LogP contribution is -2.33. The molecule has 1 aromatic carbocycles. The Morgan fingerprint density at radius 1 is 1.08 bits per heavy atom. The zero-order chi connectivity index (χ0) is 17.6. The van der Waals surface area contributed by atoms with Crippen LogP contribution in [0.3, 0.4) is 0 Å². The molecule has 7 heteroatoms.